The maximum Gasteiger partial charge on any atom is 0.337 e. The van der Waals surface area contributed by atoms with Crippen LogP contribution in [-0.4, -0.2) is 23.3 Å². The van der Waals surface area contributed by atoms with Gasteiger partial charge in [-0.25, -0.2) is 9.18 Å². The summed E-state index contributed by atoms with van der Waals surface area (Å²) in [6, 6.07) is 3.21. The number of carboxylic acid groups (broad SMARTS) is 1. The maximum atomic E-state index is 13.1. The van der Waals surface area contributed by atoms with Gasteiger partial charge in [-0.05, 0) is 12.1 Å². The average molecular weight is 200 g/mol. The van der Waals surface area contributed by atoms with Crippen molar-refractivity contribution < 1.29 is 24.1 Å². The molecule has 0 aliphatic rings. The highest BCUT2D eigenvalue weighted by molar-refractivity contribution is 5.74. The molecule has 0 saturated carbocycles. The number of hydrogen-bond donors (Lipinski definition) is 2. The Balaban J connectivity index is 3.10. The van der Waals surface area contributed by atoms with Crippen LogP contribution in [0.5, 0.6) is 5.75 Å². The van der Waals surface area contributed by atoms with Gasteiger partial charge in [0.2, 0.25) is 0 Å². The van der Waals surface area contributed by atoms with Crippen molar-refractivity contribution >= 4 is 5.97 Å². The summed E-state index contributed by atoms with van der Waals surface area (Å²) in [7, 11) is 1.17. The molecule has 0 spiro atoms. The van der Waals surface area contributed by atoms with Gasteiger partial charge in [0, 0.05) is 18.7 Å². The second-order valence-corrected chi connectivity index (χ2v) is 2.66. The predicted octanol–water partition coefficient (Wildman–Crippen LogP) is 1.30. The van der Waals surface area contributed by atoms with E-state index in [1.807, 2.05) is 0 Å². The van der Waals surface area contributed by atoms with E-state index in [1.165, 1.54) is 19.2 Å². The molecular weight excluding hydrogens is 191 g/mol. The van der Waals surface area contributed by atoms with Gasteiger partial charge in [0.25, 0.3) is 0 Å². The van der Waals surface area contributed by atoms with Gasteiger partial charge >= 0.3 is 5.97 Å². The number of ether oxygens (including phenoxy) is 1. The smallest absolute Gasteiger partial charge is 0.337 e. The van der Waals surface area contributed by atoms with Crippen molar-refractivity contribution in [1.29, 1.82) is 0 Å². The summed E-state index contributed by atoms with van der Waals surface area (Å²) in [5.41, 5.74) is -0.113. The van der Waals surface area contributed by atoms with Crippen LogP contribution in [0.4, 0.5) is 4.39 Å². The van der Waals surface area contributed by atoms with Crippen LogP contribution in [-0.2, 0) is 9.53 Å². The molecule has 1 aromatic rings. The number of aromatic hydroxyl groups is 1. The van der Waals surface area contributed by atoms with Crippen LogP contribution < -0.4 is 0 Å². The number of aliphatic carboxylic acids is 1. The fourth-order valence-corrected chi connectivity index (χ4v) is 1.09. The molecule has 0 aromatic heterocycles. The molecule has 0 saturated heterocycles. The Morgan fingerprint density at radius 2 is 2.21 bits per heavy atom. The summed E-state index contributed by atoms with van der Waals surface area (Å²) in [5, 5.41) is 17.6. The summed E-state index contributed by atoms with van der Waals surface area (Å²) in [6.07, 6.45) is -1.35. The third kappa shape index (κ3) is 2.00. The summed E-state index contributed by atoms with van der Waals surface area (Å²) < 4.78 is 17.7. The first-order valence-corrected chi connectivity index (χ1v) is 3.80. The van der Waals surface area contributed by atoms with Crippen LogP contribution in [0.1, 0.15) is 11.7 Å². The summed E-state index contributed by atoms with van der Waals surface area (Å²) >= 11 is 0. The third-order valence-corrected chi connectivity index (χ3v) is 1.73. The number of hydrogen-bond acceptors (Lipinski definition) is 3. The first-order valence-electron chi connectivity index (χ1n) is 3.80. The van der Waals surface area contributed by atoms with E-state index in [2.05, 4.69) is 4.74 Å². The van der Waals surface area contributed by atoms with Gasteiger partial charge < -0.3 is 14.9 Å². The number of phenols is 1. The summed E-state index contributed by atoms with van der Waals surface area (Å²) in [5.74, 6) is -2.34. The van der Waals surface area contributed by atoms with E-state index in [1.54, 1.807) is 0 Å². The van der Waals surface area contributed by atoms with E-state index in [9.17, 15) is 9.18 Å². The van der Waals surface area contributed by atoms with Gasteiger partial charge in [-0.2, -0.15) is 0 Å². The van der Waals surface area contributed by atoms with Crippen LogP contribution in [0.3, 0.4) is 0 Å². The standard InChI is InChI=1S/C9H9FO4/c1-14-8(9(12)13)6-3-2-5(11)4-7(6)10/h2-4,8,11H,1H3,(H,12,13)/t8-/m1/s1. The molecule has 0 aliphatic heterocycles. The Bertz CT molecular complexity index is 351. The van der Waals surface area contributed by atoms with E-state index < -0.39 is 17.9 Å². The normalized spacial score (nSPS) is 12.4. The van der Waals surface area contributed by atoms with Crippen LogP contribution in [0.15, 0.2) is 18.2 Å². The van der Waals surface area contributed by atoms with E-state index in [0.29, 0.717) is 0 Å². The van der Waals surface area contributed by atoms with Crippen LogP contribution in [0, 0.1) is 5.82 Å². The topological polar surface area (TPSA) is 66.8 Å². The minimum absolute atomic E-state index is 0.113. The second kappa shape index (κ2) is 4.06. The van der Waals surface area contributed by atoms with Gasteiger partial charge in [0.05, 0.1) is 0 Å². The maximum absolute atomic E-state index is 13.1. The number of phenolic OH excluding ortho intramolecular Hbond substituents is 1. The lowest BCUT2D eigenvalue weighted by Crippen LogP contribution is -2.14. The largest absolute Gasteiger partial charge is 0.508 e. The van der Waals surface area contributed by atoms with Gasteiger partial charge in [-0.3, -0.25) is 0 Å². The minimum atomic E-state index is -1.35. The first kappa shape index (κ1) is 10.5. The molecule has 0 heterocycles. The Morgan fingerprint density at radius 1 is 1.57 bits per heavy atom. The van der Waals surface area contributed by atoms with Crippen molar-refractivity contribution in [2.45, 2.75) is 6.10 Å². The third-order valence-electron chi connectivity index (χ3n) is 1.73. The quantitative estimate of drug-likeness (QED) is 0.771. The van der Waals surface area contributed by atoms with E-state index >= 15 is 0 Å². The molecule has 0 unspecified atom stereocenters. The summed E-state index contributed by atoms with van der Waals surface area (Å²) in [4.78, 5) is 10.6. The Morgan fingerprint density at radius 3 is 2.64 bits per heavy atom. The molecule has 4 nitrogen and oxygen atoms in total. The molecule has 2 N–H and O–H groups in total. The minimum Gasteiger partial charge on any atom is -0.508 e. The predicted molar refractivity (Wildman–Crippen MR) is 45.5 cm³/mol. The van der Waals surface area contributed by atoms with Crippen molar-refractivity contribution in [2.24, 2.45) is 0 Å². The van der Waals surface area contributed by atoms with Crippen LogP contribution in [0.25, 0.3) is 0 Å². The monoisotopic (exact) mass is 200 g/mol. The van der Waals surface area contributed by atoms with E-state index in [-0.39, 0.29) is 11.3 Å². The molecule has 5 heteroatoms. The molecule has 0 fully saturated rings. The van der Waals surface area contributed by atoms with Crippen molar-refractivity contribution in [3.8, 4) is 5.75 Å². The molecule has 14 heavy (non-hydrogen) atoms. The lowest BCUT2D eigenvalue weighted by Gasteiger charge is -2.11. The van der Waals surface area contributed by atoms with Gasteiger partial charge in [-0.15, -0.1) is 0 Å². The zero-order valence-corrected chi connectivity index (χ0v) is 7.40. The molecule has 0 amide bonds. The van der Waals surface area contributed by atoms with E-state index in [4.69, 9.17) is 10.2 Å². The zero-order valence-electron chi connectivity index (χ0n) is 7.40. The number of carbonyl (C=O) groups is 1. The Kier molecular flexibility index (Phi) is 3.03. The lowest BCUT2D eigenvalue weighted by atomic mass is 10.1. The Hall–Kier alpha value is -1.62. The molecule has 76 valence electrons. The molecule has 0 aliphatic carbocycles. The van der Waals surface area contributed by atoms with E-state index in [0.717, 1.165) is 6.07 Å². The van der Waals surface area contributed by atoms with Crippen LogP contribution >= 0.6 is 0 Å². The molecule has 1 atom stereocenters. The average Bonchev–Trinajstić information content (AvgIpc) is 2.09. The van der Waals surface area contributed by atoms with Crippen molar-refractivity contribution in [3.63, 3.8) is 0 Å². The Labute approximate surface area is 79.6 Å². The lowest BCUT2D eigenvalue weighted by molar-refractivity contribution is -0.149. The van der Waals surface area contributed by atoms with Crippen molar-refractivity contribution in [2.75, 3.05) is 7.11 Å². The first-order chi connectivity index (χ1) is 6.56. The number of carboxylic acids is 1. The fraction of sp³-hybridized carbons (Fsp3) is 0.222. The number of rotatable bonds is 3. The number of benzene rings is 1. The number of methoxy groups -OCH3 is 1. The number of halogens is 1. The molecule has 1 rings (SSSR count). The molecule has 0 radical (unpaired) electrons. The molecular formula is C9H9FO4. The van der Waals surface area contributed by atoms with Crippen molar-refractivity contribution in [3.05, 3.63) is 29.6 Å². The fourth-order valence-electron chi connectivity index (χ4n) is 1.09. The van der Waals surface area contributed by atoms with Crippen LogP contribution in [0.2, 0.25) is 0 Å². The highest BCUT2D eigenvalue weighted by Gasteiger charge is 2.22. The van der Waals surface area contributed by atoms with Crippen molar-refractivity contribution in [1.82, 2.24) is 0 Å². The molecule has 0 bridgehead atoms. The highest BCUT2D eigenvalue weighted by atomic mass is 19.1. The second-order valence-electron chi connectivity index (χ2n) is 2.66. The SMILES string of the molecule is CO[C@@H](C(=O)O)c1ccc(O)cc1F. The highest BCUT2D eigenvalue weighted by Crippen LogP contribution is 2.23. The summed E-state index contributed by atoms with van der Waals surface area (Å²) in [6.45, 7) is 0. The van der Waals surface area contributed by atoms with Gasteiger partial charge in [-0.1, -0.05) is 0 Å². The molecule has 1 aromatic carbocycles. The zero-order chi connectivity index (χ0) is 10.7. The van der Waals surface area contributed by atoms with Gasteiger partial charge in [0.1, 0.15) is 11.6 Å². The van der Waals surface area contributed by atoms with Gasteiger partial charge in [0.15, 0.2) is 6.10 Å².